The zero-order valence-electron chi connectivity index (χ0n) is 11.7. The lowest BCUT2D eigenvalue weighted by molar-refractivity contribution is 0.394. The van der Waals surface area contributed by atoms with Crippen LogP contribution in [0.2, 0.25) is 0 Å². The summed E-state index contributed by atoms with van der Waals surface area (Å²) in [6.45, 7) is 0. The van der Waals surface area contributed by atoms with Crippen molar-refractivity contribution in [1.29, 1.82) is 0 Å². The molecule has 0 aliphatic carbocycles. The fourth-order valence-corrected chi connectivity index (χ4v) is 3.00. The summed E-state index contributed by atoms with van der Waals surface area (Å²) < 4.78 is 12.7. The molecule has 112 valence electrons. The van der Waals surface area contributed by atoms with Crippen LogP contribution < -0.4 is 20.7 Å². The van der Waals surface area contributed by atoms with E-state index >= 15 is 0 Å². The first-order valence-corrected chi connectivity index (χ1v) is 7.82. The molecule has 2 aromatic rings. The molecule has 2 aromatic carbocycles. The first-order valence-electron chi connectivity index (χ1n) is 6.23. The fourth-order valence-electron chi connectivity index (χ4n) is 2.15. The Hall–Kier alpha value is -1.08. The molecule has 0 saturated carbocycles. The largest absolute Gasteiger partial charge is 0.497 e. The molecular weight excluding hydrogens is 400 g/mol. The van der Waals surface area contributed by atoms with Gasteiger partial charge in [-0.05, 0) is 42.0 Å². The second-order valence-corrected chi connectivity index (χ2v) is 6.14. The van der Waals surface area contributed by atoms with Crippen LogP contribution in [0.25, 0.3) is 0 Å². The summed E-state index contributed by atoms with van der Waals surface area (Å²) in [4.78, 5) is 0. The number of benzene rings is 2. The van der Waals surface area contributed by atoms with Crippen molar-refractivity contribution in [3.63, 3.8) is 0 Å². The average Bonchev–Trinajstić information content (AvgIpc) is 2.51. The second-order valence-electron chi connectivity index (χ2n) is 4.37. The number of nitrogens with two attached hydrogens (primary N) is 1. The van der Waals surface area contributed by atoms with Gasteiger partial charge in [0, 0.05) is 14.5 Å². The highest BCUT2D eigenvalue weighted by atomic mass is 79.9. The molecule has 0 amide bonds. The smallest absolute Gasteiger partial charge is 0.124 e. The van der Waals surface area contributed by atoms with Crippen molar-refractivity contribution in [3.8, 4) is 11.5 Å². The molecule has 21 heavy (non-hydrogen) atoms. The van der Waals surface area contributed by atoms with Crippen LogP contribution in [0, 0.1) is 0 Å². The Balaban J connectivity index is 2.57. The molecule has 1 unspecified atom stereocenters. The van der Waals surface area contributed by atoms with Gasteiger partial charge < -0.3 is 9.47 Å². The number of hydrogen-bond donors (Lipinski definition) is 2. The number of hydrogen-bond acceptors (Lipinski definition) is 4. The molecule has 0 aliphatic rings. The Bertz CT molecular complexity index is 635. The van der Waals surface area contributed by atoms with Gasteiger partial charge in [0.2, 0.25) is 0 Å². The third-order valence-electron chi connectivity index (χ3n) is 3.18. The van der Waals surface area contributed by atoms with Gasteiger partial charge in [-0.1, -0.05) is 31.9 Å². The molecule has 3 N–H and O–H groups in total. The van der Waals surface area contributed by atoms with Crippen LogP contribution in [0.1, 0.15) is 17.2 Å². The molecule has 0 spiro atoms. The molecule has 6 heteroatoms. The highest BCUT2D eigenvalue weighted by molar-refractivity contribution is 9.11. The number of ether oxygens (including phenoxy) is 2. The maximum Gasteiger partial charge on any atom is 0.124 e. The molecule has 0 aliphatic heterocycles. The predicted molar refractivity (Wildman–Crippen MR) is 90.6 cm³/mol. The summed E-state index contributed by atoms with van der Waals surface area (Å²) >= 11 is 7.05. The minimum absolute atomic E-state index is 0.234. The minimum atomic E-state index is -0.234. The molecule has 0 saturated heterocycles. The topological polar surface area (TPSA) is 56.5 Å². The highest BCUT2D eigenvalue weighted by Crippen LogP contribution is 2.36. The van der Waals surface area contributed by atoms with E-state index in [0.29, 0.717) is 0 Å². The summed E-state index contributed by atoms with van der Waals surface area (Å²) in [6.07, 6.45) is 0. The van der Waals surface area contributed by atoms with Gasteiger partial charge in [-0.3, -0.25) is 5.84 Å². The zero-order valence-corrected chi connectivity index (χ0v) is 14.9. The molecular formula is C15H16Br2N2O2. The van der Waals surface area contributed by atoms with Crippen molar-refractivity contribution >= 4 is 31.9 Å². The maximum absolute atomic E-state index is 5.79. The fraction of sp³-hybridized carbons (Fsp3) is 0.200. The third-order valence-corrected chi connectivity index (χ3v) is 4.40. The van der Waals surface area contributed by atoms with E-state index in [1.165, 1.54) is 0 Å². The van der Waals surface area contributed by atoms with Crippen LogP contribution in [0.5, 0.6) is 11.5 Å². The Labute approximate surface area is 140 Å². The molecule has 4 nitrogen and oxygen atoms in total. The van der Waals surface area contributed by atoms with Crippen LogP contribution in [0.4, 0.5) is 0 Å². The van der Waals surface area contributed by atoms with Crippen molar-refractivity contribution in [2.24, 2.45) is 5.84 Å². The van der Waals surface area contributed by atoms with Gasteiger partial charge in [-0.15, -0.1) is 0 Å². The highest BCUT2D eigenvalue weighted by Gasteiger charge is 2.20. The van der Waals surface area contributed by atoms with Gasteiger partial charge in [-0.25, -0.2) is 5.43 Å². The van der Waals surface area contributed by atoms with Crippen molar-refractivity contribution in [2.75, 3.05) is 14.2 Å². The van der Waals surface area contributed by atoms with E-state index in [1.54, 1.807) is 14.2 Å². The van der Waals surface area contributed by atoms with Crippen molar-refractivity contribution in [2.45, 2.75) is 6.04 Å². The lowest BCUT2D eigenvalue weighted by Crippen LogP contribution is -2.29. The van der Waals surface area contributed by atoms with E-state index in [-0.39, 0.29) is 6.04 Å². The van der Waals surface area contributed by atoms with E-state index in [0.717, 1.165) is 31.6 Å². The molecule has 2 rings (SSSR count). The van der Waals surface area contributed by atoms with Crippen LogP contribution in [-0.4, -0.2) is 14.2 Å². The Morgan fingerprint density at radius 2 is 1.76 bits per heavy atom. The Morgan fingerprint density at radius 3 is 2.38 bits per heavy atom. The first kappa shape index (κ1) is 16.3. The predicted octanol–water partition coefficient (Wildman–Crippen LogP) is 3.78. The molecule has 1 atom stereocenters. The SMILES string of the molecule is COc1ccc(OC)c(C(NN)c2cc(Br)ccc2Br)c1. The van der Waals surface area contributed by atoms with Crippen LogP contribution in [0.15, 0.2) is 45.3 Å². The summed E-state index contributed by atoms with van der Waals surface area (Å²) in [5.74, 6) is 7.28. The monoisotopic (exact) mass is 414 g/mol. The van der Waals surface area contributed by atoms with Gasteiger partial charge in [0.05, 0.1) is 20.3 Å². The van der Waals surface area contributed by atoms with Gasteiger partial charge in [0.25, 0.3) is 0 Å². The van der Waals surface area contributed by atoms with Crippen molar-refractivity contribution in [1.82, 2.24) is 5.43 Å². The Morgan fingerprint density at radius 1 is 1.00 bits per heavy atom. The molecule has 0 fully saturated rings. The van der Waals surface area contributed by atoms with Crippen LogP contribution in [-0.2, 0) is 0 Å². The van der Waals surface area contributed by atoms with Gasteiger partial charge in [0.1, 0.15) is 11.5 Å². The standard InChI is InChI=1S/C15H16Br2N2O2/c1-20-10-4-6-14(21-2)12(8-10)15(19-18)11-7-9(16)3-5-13(11)17/h3-8,15,19H,18H2,1-2H3. The molecule has 0 aromatic heterocycles. The van der Waals surface area contributed by atoms with E-state index in [4.69, 9.17) is 15.3 Å². The Kier molecular flexibility index (Phi) is 5.64. The van der Waals surface area contributed by atoms with Crippen molar-refractivity contribution in [3.05, 3.63) is 56.5 Å². The molecule has 0 radical (unpaired) electrons. The summed E-state index contributed by atoms with van der Waals surface area (Å²) in [6, 6.07) is 11.3. The van der Waals surface area contributed by atoms with E-state index in [2.05, 4.69) is 37.3 Å². The second kappa shape index (κ2) is 7.26. The first-order chi connectivity index (χ1) is 10.1. The van der Waals surface area contributed by atoms with E-state index in [9.17, 15) is 0 Å². The minimum Gasteiger partial charge on any atom is -0.497 e. The number of halogens is 2. The van der Waals surface area contributed by atoms with E-state index in [1.807, 2.05) is 36.4 Å². The summed E-state index contributed by atoms with van der Waals surface area (Å²) in [7, 11) is 3.26. The van der Waals surface area contributed by atoms with Gasteiger partial charge in [-0.2, -0.15) is 0 Å². The molecule has 0 bridgehead atoms. The third kappa shape index (κ3) is 3.58. The molecule has 0 heterocycles. The van der Waals surface area contributed by atoms with E-state index < -0.39 is 0 Å². The lowest BCUT2D eigenvalue weighted by Gasteiger charge is -2.21. The van der Waals surface area contributed by atoms with Crippen LogP contribution >= 0.6 is 31.9 Å². The number of hydrazine groups is 1. The number of nitrogens with one attached hydrogen (secondary N) is 1. The maximum atomic E-state index is 5.79. The van der Waals surface area contributed by atoms with Crippen molar-refractivity contribution < 1.29 is 9.47 Å². The van der Waals surface area contributed by atoms with Gasteiger partial charge >= 0.3 is 0 Å². The zero-order chi connectivity index (χ0) is 15.4. The quantitative estimate of drug-likeness (QED) is 0.576. The summed E-state index contributed by atoms with van der Waals surface area (Å²) in [5, 5.41) is 0. The number of rotatable bonds is 5. The number of methoxy groups -OCH3 is 2. The van der Waals surface area contributed by atoms with Crippen LogP contribution in [0.3, 0.4) is 0 Å². The average molecular weight is 416 g/mol. The normalized spacial score (nSPS) is 12.0. The van der Waals surface area contributed by atoms with Gasteiger partial charge in [0.15, 0.2) is 0 Å². The lowest BCUT2D eigenvalue weighted by atomic mass is 9.98. The summed E-state index contributed by atoms with van der Waals surface area (Å²) in [5.41, 5.74) is 4.74.